The average molecular weight is 524 g/mol. The number of aliphatic carboxylic acids is 1. The fraction of sp³-hybridized carbons (Fsp3) is 0.760. The molecule has 36 heavy (non-hydrogen) atoms. The topological polar surface area (TPSA) is 133 Å². The highest BCUT2D eigenvalue weighted by atomic mass is 32.1. The number of rotatable bonds is 11. The lowest BCUT2D eigenvalue weighted by Gasteiger charge is -2.39. The van der Waals surface area contributed by atoms with Crippen LogP contribution >= 0.6 is 11.3 Å². The Morgan fingerprint density at radius 3 is 2.50 bits per heavy atom. The van der Waals surface area contributed by atoms with Crippen molar-refractivity contribution in [2.45, 2.75) is 83.2 Å². The van der Waals surface area contributed by atoms with Crippen molar-refractivity contribution in [3.8, 4) is 0 Å². The molecule has 3 rings (SSSR count). The van der Waals surface area contributed by atoms with Gasteiger partial charge in [-0.1, -0.05) is 27.2 Å². The van der Waals surface area contributed by atoms with E-state index in [0.717, 1.165) is 56.1 Å². The van der Waals surface area contributed by atoms with E-state index in [1.54, 1.807) is 0 Å². The maximum Gasteiger partial charge on any atom is 0.407 e. The predicted molar refractivity (Wildman–Crippen MR) is 139 cm³/mol. The second-order valence-electron chi connectivity index (χ2n) is 9.95. The van der Waals surface area contributed by atoms with E-state index in [-0.39, 0.29) is 25.0 Å². The third-order valence-corrected chi connectivity index (χ3v) is 8.15. The standard InChI is InChI=1S/C25H41N5O5S/c1-4-5-14-35-25(34)28-19(24(32)33)15-27-22(31)21-20(16(2)3)29-23(36-21)17-8-12-30(13-9-17)18-6-10-26-11-7-18/h16-19,26H,4-15H2,1-3H3,(H,27,31)(H,28,34)(H,32,33). The van der Waals surface area contributed by atoms with Gasteiger partial charge in [0.1, 0.15) is 10.9 Å². The zero-order chi connectivity index (χ0) is 26.1. The molecule has 0 radical (unpaired) electrons. The van der Waals surface area contributed by atoms with Crippen LogP contribution in [0.1, 0.15) is 91.5 Å². The first-order valence-corrected chi connectivity index (χ1v) is 14.0. The smallest absolute Gasteiger partial charge is 0.407 e. The molecule has 0 aliphatic carbocycles. The molecule has 0 aromatic carbocycles. The second kappa shape index (κ2) is 13.9. The Bertz CT molecular complexity index is 878. The minimum atomic E-state index is -1.28. The monoisotopic (exact) mass is 523 g/mol. The maximum absolute atomic E-state index is 13.1. The van der Waals surface area contributed by atoms with Crippen LogP contribution < -0.4 is 16.0 Å². The molecule has 2 amide bonds. The largest absolute Gasteiger partial charge is 0.480 e. The number of unbranched alkanes of at least 4 members (excludes halogenated alkanes) is 1. The van der Waals surface area contributed by atoms with E-state index in [1.807, 2.05) is 20.8 Å². The van der Waals surface area contributed by atoms with Crippen LogP contribution in [-0.2, 0) is 9.53 Å². The van der Waals surface area contributed by atoms with Crippen molar-refractivity contribution in [2.75, 3.05) is 39.3 Å². The van der Waals surface area contributed by atoms with Crippen molar-refractivity contribution < 1.29 is 24.2 Å². The van der Waals surface area contributed by atoms with Crippen LogP contribution in [0.5, 0.6) is 0 Å². The van der Waals surface area contributed by atoms with Gasteiger partial charge in [0, 0.05) is 18.5 Å². The molecule has 1 aromatic heterocycles. The lowest BCUT2D eigenvalue weighted by Crippen LogP contribution is -2.48. The first kappa shape index (κ1) is 28.3. The van der Waals surface area contributed by atoms with Gasteiger partial charge in [-0.3, -0.25) is 4.79 Å². The molecule has 1 unspecified atom stereocenters. The Morgan fingerprint density at radius 2 is 1.89 bits per heavy atom. The van der Waals surface area contributed by atoms with Crippen molar-refractivity contribution >= 4 is 29.3 Å². The molecule has 4 N–H and O–H groups in total. The molecule has 1 aromatic rings. The number of carbonyl (C=O) groups excluding carboxylic acids is 2. The summed E-state index contributed by atoms with van der Waals surface area (Å²) in [6, 6.07) is -0.618. The predicted octanol–water partition coefficient (Wildman–Crippen LogP) is 2.91. The van der Waals surface area contributed by atoms with Crippen molar-refractivity contribution in [2.24, 2.45) is 0 Å². The highest BCUT2D eigenvalue weighted by molar-refractivity contribution is 7.13. The van der Waals surface area contributed by atoms with Gasteiger partial charge in [-0.25, -0.2) is 14.6 Å². The highest BCUT2D eigenvalue weighted by Crippen LogP contribution is 2.35. The molecule has 0 saturated carbocycles. The molecular weight excluding hydrogens is 482 g/mol. The van der Waals surface area contributed by atoms with E-state index < -0.39 is 18.1 Å². The van der Waals surface area contributed by atoms with Gasteiger partial charge in [-0.2, -0.15) is 0 Å². The molecule has 0 bridgehead atoms. The van der Waals surface area contributed by atoms with Crippen LogP contribution in [0.3, 0.4) is 0 Å². The summed E-state index contributed by atoms with van der Waals surface area (Å²) in [5.74, 6) is -1.20. The molecule has 2 saturated heterocycles. The van der Waals surface area contributed by atoms with E-state index in [2.05, 4.69) is 20.9 Å². The molecule has 3 heterocycles. The number of carboxylic acid groups (broad SMARTS) is 1. The van der Waals surface area contributed by atoms with Crippen molar-refractivity contribution in [3.63, 3.8) is 0 Å². The number of piperidine rings is 2. The van der Waals surface area contributed by atoms with E-state index in [9.17, 15) is 19.5 Å². The molecule has 202 valence electrons. The Kier molecular flexibility index (Phi) is 10.9. The Balaban J connectivity index is 1.58. The zero-order valence-corrected chi connectivity index (χ0v) is 22.5. The number of hydrogen-bond donors (Lipinski definition) is 4. The summed E-state index contributed by atoms with van der Waals surface area (Å²) in [5.41, 5.74) is 0.743. The molecular formula is C25H41N5O5S. The number of nitrogens with zero attached hydrogens (tertiary/aromatic N) is 2. The van der Waals surface area contributed by atoms with Crippen LogP contribution in [0.2, 0.25) is 0 Å². The van der Waals surface area contributed by atoms with Crippen molar-refractivity contribution in [3.05, 3.63) is 15.6 Å². The van der Waals surface area contributed by atoms with Crippen LogP contribution in [-0.4, -0.2) is 84.4 Å². The third kappa shape index (κ3) is 7.88. The van der Waals surface area contributed by atoms with Gasteiger partial charge in [0.2, 0.25) is 0 Å². The van der Waals surface area contributed by atoms with Crippen molar-refractivity contribution in [1.29, 1.82) is 0 Å². The van der Waals surface area contributed by atoms with Crippen LogP contribution in [0, 0.1) is 0 Å². The van der Waals surface area contributed by atoms with E-state index in [0.29, 0.717) is 23.3 Å². The van der Waals surface area contributed by atoms with Gasteiger partial charge in [0.15, 0.2) is 0 Å². The fourth-order valence-corrected chi connectivity index (χ4v) is 6.04. The van der Waals surface area contributed by atoms with Gasteiger partial charge < -0.3 is 30.7 Å². The van der Waals surface area contributed by atoms with Crippen LogP contribution in [0.15, 0.2) is 0 Å². The van der Waals surface area contributed by atoms with Crippen LogP contribution in [0.4, 0.5) is 4.79 Å². The number of alkyl carbamates (subject to hydrolysis) is 1. The van der Waals surface area contributed by atoms with Gasteiger partial charge >= 0.3 is 12.1 Å². The van der Waals surface area contributed by atoms with Crippen LogP contribution in [0.25, 0.3) is 0 Å². The fourth-order valence-electron chi connectivity index (χ4n) is 4.73. The lowest BCUT2D eigenvalue weighted by molar-refractivity contribution is -0.139. The number of hydrogen-bond acceptors (Lipinski definition) is 8. The number of aromatic nitrogens is 1. The van der Waals surface area contributed by atoms with Gasteiger partial charge in [0.05, 0.1) is 17.3 Å². The SMILES string of the molecule is CCCCOC(=O)NC(CNC(=O)c1sc(C2CCN(C3CCNCC3)CC2)nc1C(C)C)C(=O)O. The minimum Gasteiger partial charge on any atom is -0.480 e. The number of carboxylic acids is 1. The zero-order valence-electron chi connectivity index (χ0n) is 21.7. The van der Waals surface area contributed by atoms with E-state index >= 15 is 0 Å². The lowest BCUT2D eigenvalue weighted by atomic mass is 9.94. The first-order valence-electron chi connectivity index (χ1n) is 13.2. The molecule has 1 atom stereocenters. The van der Waals surface area contributed by atoms with Gasteiger partial charge in [-0.15, -0.1) is 11.3 Å². The summed E-state index contributed by atoms with van der Waals surface area (Å²) < 4.78 is 4.98. The van der Waals surface area contributed by atoms with Crippen molar-refractivity contribution in [1.82, 2.24) is 25.8 Å². The number of carbonyl (C=O) groups is 3. The Morgan fingerprint density at radius 1 is 1.19 bits per heavy atom. The average Bonchev–Trinajstić information content (AvgIpc) is 3.33. The number of amides is 2. The molecule has 2 aliphatic rings. The summed E-state index contributed by atoms with van der Waals surface area (Å²) in [4.78, 5) is 44.5. The molecule has 10 nitrogen and oxygen atoms in total. The number of ether oxygens (including phenoxy) is 1. The highest BCUT2D eigenvalue weighted by Gasteiger charge is 2.31. The Labute approximate surface area is 217 Å². The molecule has 0 spiro atoms. The molecule has 2 fully saturated rings. The van der Waals surface area contributed by atoms with E-state index in [1.165, 1.54) is 24.2 Å². The second-order valence-corrected chi connectivity index (χ2v) is 11.0. The number of nitrogens with one attached hydrogen (secondary N) is 3. The number of likely N-dealkylation sites (tertiary alicyclic amines) is 1. The quantitative estimate of drug-likeness (QED) is 0.326. The summed E-state index contributed by atoms with van der Waals surface area (Å²) in [6.45, 7) is 10.2. The summed E-state index contributed by atoms with van der Waals surface area (Å²) in [6.07, 6.45) is 5.22. The van der Waals surface area contributed by atoms with E-state index in [4.69, 9.17) is 9.72 Å². The Hall–Kier alpha value is -2.24. The van der Waals surface area contributed by atoms with Gasteiger partial charge in [-0.05, 0) is 64.2 Å². The summed E-state index contributed by atoms with van der Waals surface area (Å²) >= 11 is 1.42. The number of thiazole rings is 1. The maximum atomic E-state index is 13.1. The molecule has 11 heteroatoms. The minimum absolute atomic E-state index is 0.0625. The summed E-state index contributed by atoms with van der Waals surface area (Å²) in [7, 11) is 0. The normalized spacial score (nSPS) is 18.7. The molecule has 2 aliphatic heterocycles. The third-order valence-electron chi connectivity index (χ3n) is 6.91. The first-order chi connectivity index (χ1) is 17.3. The summed E-state index contributed by atoms with van der Waals surface area (Å²) in [5, 5.41) is 18.9. The van der Waals surface area contributed by atoms with Gasteiger partial charge in [0.25, 0.3) is 5.91 Å².